The van der Waals surface area contributed by atoms with E-state index in [0.717, 1.165) is 22.2 Å². The van der Waals surface area contributed by atoms with Crippen molar-refractivity contribution in [1.82, 2.24) is 0 Å². The maximum atomic E-state index is 12.2. The predicted octanol–water partition coefficient (Wildman–Crippen LogP) is 4.28. The number of ether oxygens (including phenoxy) is 2. The summed E-state index contributed by atoms with van der Waals surface area (Å²) in [4.78, 5) is 13.0. The Labute approximate surface area is 128 Å². The van der Waals surface area contributed by atoms with Crippen LogP contribution >= 0.6 is 11.8 Å². The summed E-state index contributed by atoms with van der Waals surface area (Å²) >= 11 is 1.14. The highest BCUT2D eigenvalue weighted by molar-refractivity contribution is 8.14. The number of rotatable bonds is 5. The van der Waals surface area contributed by atoms with Crippen molar-refractivity contribution in [2.24, 2.45) is 0 Å². The molecule has 108 valence electrons. The first-order chi connectivity index (χ1) is 10.2. The quantitative estimate of drug-likeness (QED) is 0.772. The molecule has 21 heavy (non-hydrogen) atoms. The number of benzene rings is 2. The largest absolute Gasteiger partial charge is 0.496 e. The Morgan fingerprint density at radius 3 is 2.14 bits per heavy atom. The summed E-state index contributed by atoms with van der Waals surface area (Å²) in [6.07, 6.45) is 1.67. The van der Waals surface area contributed by atoms with E-state index in [1.54, 1.807) is 32.4 Å². The minimum absolute atomic E-state index is 0.0222. The fraction of sp³-hybridized carbons (Fsp3) is 0.118. The summed E-state index contributed by atoms with van der Waals surface area (Å²) in [6, 6.07) is 12.8. The lowest BCUT2D eigenvalue weighted by Crippen LogP contribution is -1.96. The van der Waals surface area contributed by atoms with Crippen LogP contribution in [0.25, 0.3) is 6.08 Å². The highest BCUT2D eigenvalue weighted by Gasteiger charge is 2.13. The molecule has 3 nitrogen and oxygen atoms in total. The van der Waals surface area contributed by atoms with Crippen LogP contribution in [0.3, 0.4) is 0 Å². The van der Waals surface area contributed by atoms with Crippen molar-refractivity contribution < 1.29 is 14.3 Å². The third-order valence-corrected chi connectivity index (χ3v) is 3.83. The number of methoxy groups -OCH3 is 2. The summed E-state index contributed by atoms with van der Waals surface area (Å²) < 4.78 is 10.7. The van der Waals surface area contributed by atoms with Gasteiger partial charge in [0.1, 0.15) is 11.5 Å². The van der Waals surface area contributed by atoms with Crippen molar-refractivity contribution in [3.05, 3.63) is 60.2 Å². The molecule has 2 aromatic carbocycles. The maximum Gasteiger partial charge on any atom is 0.224 e. The van der Waals surface area contributed by atoms with Crippen LogP contribution in [-0.2, 0) is 0 Å². The molecule has 0 aliphatic carbocycles. The minimum Gasteiger partial charge on any atom is -0.496 e. The van der Waals surface area contributed by atoms with E-state index < -0.39 is 0 Å². The van der Waals surface area contributed by atoms with Gasteiger partial charge < -0.3 is 9.47 Å². The van der Waals surface area contributed by atoms with Gasteiger partial charge in [-0.15, -0.1) is 0 Å². The van der Waals surface area contributed by atoms with Crippen LogP contribution in [0.5, 0.6) is 11.5 Å². The fourth-order valence-corrected chi connectivity index (χ4v) is 2.72. The average molecular weight is 300 g/mol. The van der Waals surface area contributed by atoms with E-state index >= 15 is 0 Å². The Morgan fingerprint density at radius 2 is 1.67 bits per heavy atom. The van der Waals surface area contributed by atoms with Gasteiger partial charge in [0.05, 0.1) is 19.8 Å². The smallest absolute Gasteiger partial charge is 0.224 e. The van der Waals surface area contributed by atoms with Crippen LogP contribution in [0.15, 0.2) is 53.9 Å². The summed E-state index contributed by atoms with van der Waals surface area (Å²) in [7, 11) is 3.16. The van der Waals surface area contributed by atoms with E-state index in [2.05, 4.69) is 6.58 Å². The number of carbonyl (C=O) groups excluding carboxylic acids is 1. The van der Waals surface area contributed by atoms with Crippen molar-refractivity contribution in [3.63, 3.8) is 0 Å². The summed E-state index contributed by atoms with van der Waals surface area (Å²) in [6.45, 7) is 3.75. The SMILES string of the molecule is C=Cc1c(OC)cc(SC(=O)c2ccccc2)cc1OC. The van der Waals surface area contributed by atoms with Gasteiger partial charge in [-0.2, -0.15) is 0 Å². The fourth-order valence-electron chi connectivity index (χ4n) is 1.92. The average Bonchev–Trinajstić information content (AvgIpc) is 2.54. The second-order valence-electron chi connectivity index (χ2n) is 4.20. The standard InChI is InChI=1S/C17H16O3S/c1-4-14-15(19-2)10-13(11-16(14)20-3)21-17(18)12-8-6-5-7-9-12/h4-11H,1H2,2-3H3. The van der Waals surface area contributed by atoms with E-state index in [1.165, 1.54) is 0 Å². The molecule has 0 aromatic heterocycles. The van der Waals surface area contributed by atoms with Gasteiger partial charge in [0.15, 0.2) is 0 Å². The predicted molar refractivity (Wildman–Crippen MR) is 86.3 cm³/mol. The van der Waals surface area contributed by atoms with Crippen molar-refractivity contribution in [2.45, 2.75) is 4.90 Å². The molecule has 0 N–H and O–H groups in total. The molecule has 0 bridgehead atoms. The van der Waals surface area contributed by atoms with Crippen LogP contribution in [0.1, 0.15) is 15.9 Å². The molecular weight excluding hydrogens is 284 g/mol. The van der Waals surface area contributed by atoms with Crippen LogP contribution in [-0.4, -0.2) is 19.3 Å². The lowest BCUT2D eigenvalue weighted by molar-refractivity contribution is 0.108. The number of thioether (sulfide) groups is 1. The topological polar surface area (TPSA) is 35.5 Å². The molecule has 0 amide bonds. The molecule has 2 rings (SSSR count). The zero-order valence-electron chi connectivity index (χ0n) is 12.0. The molecular formula is C17H16O3S. The molecule has 0 radical (unpaired) electrons. The number of carbonyl (C=O) groups is 1. The van der Waals surface area contributed by atoms with Gasteiger partial charge in [0.25, 0.3) is 0 Å². The summed E-state index contributed by atoms with van der Waals surface area (Å²) in [5.41, 5.74) is 1.43. The van der Waals surface area contributed by atoms with Crippen molar-refractivity contribution in [3.8, 4) is 11.5 Å². The summed E-state index contributed by atoms with van der Waals surface area (Å²) in [5.74, 6) is 1.26. The van der Waals surface area contributed by atoms with E-state index in [9.17, 15) is 4.79 Å². The third-order valence-electron chi connectivity index (χ3n) is 2.94. The Balaban J connectivity index is 2.32. The van der Waals surface area contributed by atoms with Gasteiger partial charge in [-0.05, 0) is 23.9 Å². The molecule has 0 spiro atoms. The van der Waals surface area contributed by atoms with E-state index in [4.69, 9.17) is 9.47 Å². The maximum absolute atomic E-state index is 12.2. The first-order valence-electron chi connectivity index (χ1n) is 6.35. The lowest BCUT2D eigenvalue weighted by atomic mass is 10.2. The highest BCUT2D eigenvalue weighted by Crippen LogP contribution is 2.36. The Hall–Kier alpha value is -2.20. The first-order valence-corrected chi connectivity index (χ1v) is 7.17. The number of hydrogen-bond acceptors (Lipinski definition) is 4. The van der Waals surface area contributed by atoms with Crippen molar-refractivity contribution in [1.29, 1.82) is 0 Å². The van der Waals surface area contributed by atoms with Crippen LogP contribution < -0.4 is 9.47 Å². The van der Waals surface area contributed by atoms with E-state index in [0.29, 0.717) is 17.1 Å². The third kappa shape index (κ3) is 3.47. The van der Waals surface area contributed by atoms with Crippen molar-refractivity contribution in [2.75, 3.05) is 14.2 Å². The molecule has 0 heterocycles. The van der Waals surface area contributed by atoms with E-state index in [1.807, 2.05) is 30.3 Å². The Morgan fingerprint density at radius 1 is 1.10 bits per heavy atom. The molecule has 0 saturated heterocycles. The molecule has 0 atom stereocenters. The molecule has 0 fully saturated rings. The minimum atomic E-state index is -0.0222. The molecule has 2 aromatic rings. The van der Waals surface area contributed by atoms with Gasteiger partial charge in [-0.3, -0.25) is 4.79 Å². The molecule has 4 heteroatoms. The van der Waals surface area contributed by atoms with Crippen LogP contribution in [0.2, 0.25) is 0 Å². The zero-order chi connectivity index (χ0) is 15.2. The van der Waals surface area contributed by atoms with Gasteiger partial charge in [0.2, 0.25) is 5.12 Å². The molecule has 0 aliphatic heterocycles. The Bertz CT molecular complexity index is 625. The second-order valence-corrected chi connectivity index (χ2v) is 5.25. The van der Waals surface area contributed by atoms with Gasteiger partial charge in [-0.1, -0.05) is 43.0 Å². The molecule has 0 aliphatic rings. The van der Waals surface area contributed by atoms with Gasteiger partial charge in [0, 0.05) is 10.5 Å². The normalized spacial score (nSPS) is 10.0. The van der Waals surface area contributed by atoms with Gasteiger partial charge >= 0.3 is 0 Å². The monoisotopic (exact) mass is 300 g/mol. The molecule has 0 unspecified atom stereocenters. The Kier molecular flexibility index (Phi) is 5.06. The second kappa shape index (κ2) is 6.99. The van der Waals surface area contributed by atoms with Gasteiger partial charge in [-0.25, -0.2) is 0 Å². The molecule has 0 saturated carbocycles. The van der Waals surface area contributed by atoms with E-state index in [-0.39, 0.29) is 5.12 Å². The van der Waals surface area contributed by atoms with Crippen LogP contribution in [0.4, 0.5) is 0 Å². The van der Waals surface area contributed by atoms with Crippen molar-refractivity contribution >= 4 is 23.0 Å². The zero-order valence-corrected chi connectivity index (χ0v) is 12.8. The first kappa shape index (κ1) is 15.2. The lowest BCUT2D eigenvalue weighted by Gasteiger charge is -2.12. The van der Waals surface area contributed by atoms with Crippen LogP contribution in [0, 0.1) is 0 Å². The summed E-state index contributed by atoms with van der Waals surface area (Å²) in [5, 5.41) is -0.0222. The number of hydrogen-bond donors (Lipinski definition) is 0. The highest BCUT2D eigenvalue weighted by atomic mass is 32.2.